The van der Waals surface area contributed by atoms with E-state index in [1.54, 1.807) is 13.2 Å². The molecule has 1 saturated heterocycles. The molecule has 0 atom stereocenters. The van der Waals surface area contributed by atoms with Gasteiger partial charge in [-0.05, 0) is 12.1 Å². The van der Waals surface area contributed by atoms with E-state index in [1.165, 1.54) is 0 Å². The molecule has 0 saturated carbocycles. The summed E-state index contributed by atoms with van der Waals surface area (Å²) in [5, 5.41) is 3.95. The van der Waals surface area contributed by atoms with Crippen molar-refractivity contribution in [3.63, 3.8) is 0 Å². The van der Waals surface area contributed by atoms with E-state index < -0.39 is 0 Å². The van der Waals surface area contributed by atoms with Gasteiger partial charge in [-0.1, -0.05) is 11.2 Å². The van der Waals surface area contributed by atoms with E-state index in [0.29, 0.717) is 30.4 Å². The summed E-state index contributed by atoms with van der Waals surface area (Å²) >= 11 is 0. The molecule has 3 rings (SSSR count). The Morgan fingerprint density at radius 1 is 1.29 bits per heavy atom. The Labute approximate surface area is 122 Å². The van der Waals surface area contributed by atoms with Gasteiger partial charge in [-0.3, -0.25) is 0 Å². The highest BCUT2D eigenvalue weighted by Crippen LogP contribution is 2.39. The second kappa shape index (κ2) is 6.05. The van der Waals surface area contributed by atoms with Crippen LogP contribution in [0.5, 0.6) is 11.5 Å². The number of nitrogens with zero attached hydrogens (tertiary/aromatic N) is 1. The molecule has 0 aliphatic carbocycles. The van der Waals surface area contributed by atoms with Gasteiger partial charge in [-0.25, -0.2) is 0 Å². The number of aromatic nitrogens is 1. The number of ether oxygens (including phenoxy) is 3. The van der Waals surface area contributed by atoms with Crippen LogP contribution in [0.3, 0.4) is 0 Å². The van der Waals surface area contributed by atoms with E-state index >= 15 is 0 Å². The lowest BCUT2D eigenvalue weighted by Crippen LogP contribution is -2.26. The molecule has 0 unspecified atom stereocenters. The molecular weight excluding hydrogens is 272 g/mol. The Morgan fingerprint density at radius 3 is 2.76 bits per heavy atom. The van der Waals surface area contributed by atoms with Gasteiger partial charge >= 0.3 is 0 Å². The number of nitrogen functional groups attached to an aromatic ring is 1. The van der Waals surface area contributed by atoms with E-state index in [1.807, 2.05) is 18.2 Å². The number of nitrogens with two attached hydrogens (primary N) is 1. The lowest BCUT2D eigenvalue weighted by atomic mass is 10.1. The van der Waals surface area contributed by atoms with Crippen molar-refractivity contribution in [2.45, 2.75) is 18.9 Å². The molecule has 0 amide bonds. The lowest BCUT2D eigenvalue weighted by molar-refractivity contribution is 0.0248. The molecule has 1 aliphatic rings. The van der Waals surface area contributed by atoms with E-state index in [-0.39, 0.29) is 12.0 Å². The van der Waals surface area contributed by atoms with Crippen molar-refractivity contribution in [3.8, 4) is 22.8 Å². The number of hydrogen-bond donors (Lipinski definition) is 1. The Kier molecular flexibility index (Phi) is 3.96. The normalized spacial score (nSPS) is 15.9. The summed E-state index contributed by atoms with van der Waals surface area (Å²) in [5.41, 5.74) is 7.04. The quantitative estimate of drug-likeness (QED) is 0.932. The average molecular weight is 290 g/mol. The maximum Gasteiger partial charge on any atom is 0.222 e. The van der Waals surface area contributed by atoms with E-state index in [4.69, 9.17) is 24.5 Å². The summed E-state index contributed by atoms with van der Waals surface area (Å²) in [7, 11) is 1.62. The van der Waals surface area contributed by atoms with Crippen LogP contribution in [-0.4, -0.2) is 31.6 Å². The largest absolute Gasteiger partial charge is 0.493 e. The second-order valence-electron chi connectivity index (χ2n) is 4.88. The van der Waals surface area contributed by atoms with Gasteiger partial charge in [-0.2, -0.15) is 0 Å². The Balaban J connectivity index is 1.95. The minimum Gasteiger partial charge on any atom is -0.493 e. The van der Waals surface area contributed by atoms with Crippen LogP contribution in [0, 0.1) is 0 Å². The maximum atomic E-state index is 6.14. The zero-order valence-electron chi connectivity index (χ0n) is 11.9. The number of anilines is 1. The van der Waals surface area contributed by atoms with Gasteiger partial charge in [-0.15, -0.1) is 0 Å². The molecule has 2 aromatic rings. The first kappa shape index (κ1) is 13.8. The molecule has 1 aromatic carbocycles. The first-order valence-electron chi connectivity index (χ1n) is 6.92. The van der Waals surface area contributed by atoms with Crippen molar-refractivity contribution in [1.29, 1.82) is 0 Å². The predicted octanol–water partition coefficient (Wildman–Crippen LogP) is 2.49. The van der Waals surface area contributed by atoms with E-state index in [0.717, 1.165) is 18.4 Å². The fourth-order valence-corrected chi connectivity index (χ4v) is 2.38. The third kappa shape index (κ3) is 2.95. The Hall–Kier alpha value is -2.21. The summed E-state index contributed by atoms with van der Waals surface area (Å²) in [6.07, 6.45) is 1.83. The molecule has 6 nitrogen and oxygen atoms in total. The number of hydrogen-bond acceptors (Lipinski definition) is 6. The summed E-state index contributed by atoms with van der Waals surface area (Å²) < 4.78 is 21.9. The number of rotatable bonds is 4. The minimum atomic E-state index is 0.109. The average Bonchev–Trinajstić information content (AvgIpc) is 2.95. The van der Waals surface area contributed by atoms with Crippen LogP contribution >= 0.6 is 0 Å². The summed E-state index contributed by atoms with van der Waals surface area (Å²) in [5.74, 6) is 1.60. The first-order chi connectivity index (χ1) is 10.3. The van der Waals surface area contributed by atoms with Gasteiger partial charge < -0.3 is 24.5 Å². The zero-order chi connectivity index (χ0) is 14.7. The van der Waals surface area contributed by atoms with Crippen molar-refractivity contribution in [3.05, 3.63) is 24.3 Å². The van der Waals surface area contributed by atoms with Crippen LogP contribution in [0.15, 0.2) is 28.8 Å². The van der Waals surface area contributed by atoms with Gasteiger partial charge in [0.05, 0.1) is 20.3 Å². The Bertz CT molecular complexity index is 605. The van der Waals surface area contributed by atoms with Crippen molar-refractivity contribution in [1.82, 2.24) is 5.16 Å². The summed E-state index contributed by atoms with van der Waals surface area (Å²) in [6, 6.07) is 7.33. The van der Waals surface area contributed by atoms with Gasteiger partial charge in [0, 0.05) is 24.5 Å². The van der Waals surface area contributed by atoms with Crippen LogP contribution in [0.25, 0.3) is 11.3 Å². The highest BCUT2D eigenvalue weighted by atomic mass is 16.5. The summed E-state index contributed by atoms with van der Waals surface area (Å²) in [6.45, 7) is 1.43. The maximum absolute atomic E-state index is 6.14. The third-order valence-corrected chi connectivity index (χ3v) is 3.46. The fourth-order valence-electron chi connectivity index (χ4n) is 2.38. The zero-order valence-corrected chi connectivity index (χ0v) is 11.9. The molecular formula is C15H18N2O4. The molecule has 1 aliphatic heterocycles. The van der Waals surface area contributed by atoms with Crippen LogP contribution < -0.4 is 15.2 Å². The molecule has 2 N–H and O–H groups in total. The van der Waals surface area contributed by atoms with Crippen LogP contribution in [-0.2, 0) is 4.74 Å². The molecule has 2 heterocycles. The van der Waals surface area contributed by atoms with Gasteiger partial charge in [0.2, 0.25) is 5.88 Å². The molecule has 0 radical (unpaired) electrons. The molecule has 0 spiro atoms. The standard InChI is InChI=1S/C15H18N2O4/c1-18-13-4-2-3-11(12-9-14(16)21-17-12)15(13)20-10-5-7-19-8-6-10/h2-4,9-10H,5-8,16H2,1H3. The molecule has 6 heteroatoms. The predicted molar refractivity (Wildman–Crippen MR) is 77.4 cm³/mol. The lowest BCUT2D eigenvalue weighted by Gasteiger charge is -2.25. The van der Waals surface area contributed by atoms with Crippen LogP contribution in [0.2, 0.25) is 0 Å². The van der Waals surface area contributed by atoms with E-state index in [2.05, 4.69) is 5.16 Å². The number of para-hydroxylation sites is 1. The van der Waals surface area contributed by atoms with Gasteiger partial charge in [0.15, 0.2) is 11.5 Å². The van der Waals surface area contributed by atoms with Crippen molar-refractivity contribution >= 4 is 5.88 Å². The van der Waals surface area contributed by atoms with Crippen LogP contribution in [0.1, 0.15) is 12.8 Å². The number of benzene rings is 1. The first-order valence-corrected chi connectivity index (χ1v) is 6.92. The molecule has 1 aromatic heterocycles. The number of methoxy groups -OCH3 is 1. The smallest absolute Gasteiger partial charge is 0.222 e. The highest BCUT2D eigenvalue weighted by molar-refractivity contribution is 5.72. The minimum absolute atomic E-state index is 0.109. The van der Waals surface area contributed by atoms with Gasteiger partial charge in [0.25, 0.3) is 0 Å². The third-order valence-electron chi connectivity index (χ3n) is 3.46. The molecule has 112 valence electrons. The van der Waals surface area contributed by atoms with Gasteiger partial charge in [0.1, 0.15) is 11.8 Å². The summed E-state index contributed by atoms with van der Waals surface area (Å²) in [4.78, 5) is 0. The van der Waals surface area contributed by atoms with Crippen molar-refractivity contribution in [2.75, 3.05) is 26.1 Å². The second-order valence-corrected chi connectivity index (χ2v) is 4.88. The molecule has 21 heavy (non-hydrogen) atoms. The highest BCUT2D eigenvalue weighted by Gasteiger charge is 2.21. The topological polar surface area (TPSA) is 79.7 Å². The fraction of sp³-hybridized carbons (Fsp3) is 0.400. The van der Waals surface area contributed by atoms with Crippen molar-refractivity contribution in [2.24, 2.45) is 0 Å². The molecule has 0 bridgehead atoms. The van der Waals surface area contributed by atoms with E-state index in [9.17, 15) is 0 Å². The monoisotopic (exact) mass is 290 g/mol. The van der Waals surface area contributed by atoms with Crippen LogP contribution in [0.4, 0.5) is 5.88 Å². The molecule has 1 fully saturated rings. The Morgan fingerprint density at radius 2 is 2.10 bits per heavy atom. The van der Waals surface area contributed by atoms with Crippen molar-refractivity contribution < 1.29 is 18.7 Å². The SMILES string of the molecule is COc1cccc(-c2cc(N)on2)c1OC1CCOCC1.